The van der Waals surface area contributed by atoms with Crippen molar-refractivity contribution in [3.8, 4) is 17.2 Å². The third-order valence-electron chi connectivity index (χ3n) is 4.20. The van der Waals surface area contributed by atoms with Crippen molar-refractivity contribution in [3.05, 3.63) is 54.1 Å². The van der Waals surface area contributed by atoms with E-state index in [9.17, 15) is 10.2 Å². The van der Waals surface area contributed by atoms with Gasteiger partial charge < -0.3 is 24.4 Å². The van der Waals surface area contributed by atoms with Crippen LogP contribution in [0.25, 0.3) is 0 Å². The van der Waals surface area contributed by atoms with E-state index in [-0.39, 0.29) is 13.0 Å². The van der Waals surface area contributed by atoms with Gasteiger partial charge in [-0.25, -0.2) is 0 Å². The van der Waals surface area contributed by atoms with Gasteiger partial charge in [0.2, 0.25) is 6.29 Å². The number of benzene rings is 2. The van der Waals surface area contributed by atoms with Gasteiger partial charge in [-0.2, -0.15) is 0 Å². The third-order valence-corrected chi connectivity index (χ3v) is 4.20. The average molecular weight is 344 g/mol. The van der Waals surface area contributed by atoms with Gasteiger partial charge in [-0.15, -0.1) is 0 Å². The van der Waals surface area contributed by atoms with Gasteiger partial charge in [0.25, 0.3) is 0 Å². The second-order valence-electron chi connectivity index (χ2n) is 6.55. The van der Waals surface area contributed by atoms with E-state index >= 15 is 0 Å². The fraction of sp³-hybridized carbons (Fsp3) is 0.400. The van der Waals surface area contributed by atoms with Crippen LogP contribution in [0.15, 0.2) is 48.5 Å². The van der Waals surface area contributed by atoms with E-state index in [0.29, 0.717) is 17.4 Å². The molecule has 0 saturated carbocycles. The molecular weight excluding hydrogens is 320 g/mol. The predicted octanol–water partition coefficient (Wildman–Crippen LogP) is 3.45. The highest BCUT2D eigenvalue weighted by molar-refractivity contribution is 5.36. The van der Waals surface area contributed by atoms with Crippen LogP contribution in [0.3, 0.4) is 0 Å². The van der Waals surface area contributed by atoms with Crippen molar-refractivity contribution in [2.45, 2.75) is 44.7 Å². The Kier molecular flexibility index (Phi) is 5.58. The monoisotopic (exact) mass is 344 g/mol. The van der Waals surface area contributed by atoms with Gasteiger partial charge in [-0.1, -0.05) is 26.0 Å². The number of aliphatic hydroxyl groups excluding tert-OH is 2. The zero-order valence-electron chi connectivity index (χ0n) is 14.5. The van der Waals surface area contributed by atoms with Crippen molar-refractivity contribution >= 4 is 0 Å². The van der Waals surface area contributed by atoms with Gasteiger partial charge in [-0.3, -0.25) is 0 Å². The molecular formula is C20H24O5. The Hall–Kier alpha value is -2.08. The number of hydrogen-bond donors (Lipinski definition) is 2. The fourth-order valence-electron chi connectivity index (χ4n) is 2.62. The molecule has 0 bridgehead atoms. The van der Waals surface area contributed by atoms with Crippen molar-refractivity contribution in [1.82, 2.24) is 0 Å². The Morgan fingerprint density at radius 2 is 1.44 bits per heavy atom. The van der Waals surface area contributed by atoms with E-state index in [4.69, 9.17) is 14.2 Å². The molecule has 3 rings (SSSR count). The van der Waals surface area contributed by atoms with Crippen LogP contribution in [0.1, 0.15) is 31.7 Å². The first kappa shape index (κ1) is 17.7. The maximum absolute atomic E-state index is 9.66. The molecule has 2 aromatic carbocycles. The summed E-state index contributed by atoms with van der Waals surface area (Å²) in [5, 5.41) is 19.1. The summed E-state index contributed by atoms with van der Waals surface area (Å²) in [6.07, 6.45) is -2.00. The van der Waals surface area contributed by atoms with Crippen molar-refractivity contribution in [3.63, 3.8) is 0 Å². The van der Waals surface area contributed by atoms with Crippen LogP contribution in [-0.2, 0) is 4.74 Å². The molecule has 3 atom stereocenters. The molecule has 0 amide bonds. The molecule has 3 unspecified atom stereocenters. The van der Waals surface area contributed by atoms with Gasteiger partial charge >= 0.3 is 0 Å². The van der Waals surface area contributed by atoms with Crippen LogP contribution in [0.5, 0.6) is 17.2 Å². The predicted molar refractivity (Wildman–Crippen MR) is 94.0 cm³/mol. The van der Waals surface area contributed by atoms with Crippen molar-refractivity contribution < 1.29 is 24.4 Å². The maximum atomic E-state index is 9.66. The minimum Gasteiger partial charge on any atom is -0.465 e. The smallest absolute Gasteiger partial charge is 0.202 e. The molecule has 5 nitrogen and oxygen atoms in total. The Morgan fingerprint density at radius 1 is 0.880 bits per heavy atom. The van der Waals surface area contributed by atoms with E-state index in [1.54, 1.807) is 12.1 Å². The minimum atomic E-state index is -0.849. The highest BCUT2D eigenvalue weighted by Crippen LogP contribution is 2.27. The van der Waals surface area contributed by atoms with Crippen LogP contribution >= 0.6 is 0 Å². The lowest BCUT2D eigenvalue weighted by Gasteiger charge is -2.30. The van der Waals surface area contributed by atoms with E-state index in [1.165, 1.54) is 5.56 Å². The zero-order valence-corrected chi connectivity index (χ0v) is 14.5. The molecule has 0 aromatic heterocycles. The number of rotatable bonds is 5. The molecule has 5 heteroatoms. The lowest BCUT2D eigenvalue weighted by Crippen LogP contribution is -2.43. The van der Waals surface area contributed by atoms with Gasteiger partial charge in [-0.05, 0) is 47.9 Å². The molecule has 1 aliphatic rings. The molecule has 2 aromatic rings. The summed E-state index contributed by atoms with van der Waals surface area (Å²) in [5.74, 6) is 2.61. The van der Waals surface area contributed by atoms with E-state index < -0.39 is 18.5 Å². The van der Waals surface area contributed by atoms with Crippen LogP contribution < -0.4 is 9.47 Å². The fourth-order valence-corrected chi connectivity index (χ4v) is 2.62. The molecule has 2 N–H and O–H groups in total. The van der Waals surface area contributed by atoms with Crippen molar-refractivity contribution in [1.29, 1.82) is 0 Å². The first-order chi connectivity index (χ1) is 12.0. The summed E-state index contributed by atoms with van der Waals surface area (Å²) in [4.78, 5) is 0. The highest BCUT2D eigenvalue weighted by Gasteiger charge is 2.29. The lowest BCUT2D eigenvalue weighted by atomic mass is 10.0. The molecule has 1 aliphatic heterocycles. The van der Waals surface area contributed by atoms with Crippen molar-refractivity contribution in [2.75, 3.05) is 6.61 Å². The lowest BCUT2D eigenvalue weighted by molar-refractivity contribution is -0.182. The summed E-state index contributed by atoms with van der Waals surface area (Å²) >= 11 is 0. The van der Waals surface area contributed by atoms with Crippen LogP contribution in [0, 0.1) is 0 Å². The summed E-state index contributed by atoms with van der Waals surface area (Å²) in [5.41, 5.74) is 1.27. The van der Waals surface area contributed by atoms with E-state index in [2.05, 4.69) is 26.0 Å². The molecule has 0 aliphatic carbocycles. The van der Waals surface area contributed by atoms with E-state index in [0.717, 1.165) is 5.75 Å². The summed E-state index contributed by atoms with van der Waals surface area (Å²) in [7, 11) is 0. The molecule has 25 heavy (non-hydrogen) atoms. The Morgan fingerprint density at radius 3 is 2.00 bits per heavy atom. The summed E-state index contributed by atoms with van der Waals surface area (Å²) < 4.78 is 16.9. The van der Waals surface area contributed by atoms with Crippen molar-refractivity contribution in [2.24, 2.45) is 0 Å². The van der Waals surface area contributed by atoms with Gasteiger partial charge in [0.05, 0.1) is 12.7 Å². The van der Waals surface area contributed by atoms with E-state index in [1.807, 2.05) is 24.3 Å². The number of ether oxygens (including phenoxy) is 3. The highest BCUT2D eigenvalue weighted by atomic mass is 16.7. The van der Waals surface area contributed by atoms with Gasteiger partial charge in [0, 0.05) is 6.42 Å². The second-order valence-corrected chi connectivity index (χ2v) is 6.55. The first-order valence-corrected chi connectivity index (χ1v) is 8.53. The maximum Gasteiger partial charge on any atom is 0.202 e. The quantitative estimate of drug-likeness (QED) is 0.869. The SMILES string of the molecule is CC(C)c1ccc(Oc2ccc(OC3CC(O)C(O)CO3)cc2)cc1. The molecule has 1 fully saturated rings. The molecule has 0 radical (unpaired) electrons. The average Bonchev–Trinajstić information content (AvgIpc) is 2.60. The van der Waals surface area contributed by atoms with Crippen LogP contribution in [-0.4, -0.2) is 35.3 Å². The summed E-state index contributed by atoms with van der Waals surface area (Å²) in [6.45, 7) is 4.38. The standard InChI is InChI=1S/C20H24O5/c1-13(2)14-3-5-15(6-4-14)24-16-7-9-17(10-8-16)25-20-11-18(21)19(22)12-23-20/h3-10,13,18-22H,11-12H2,1-2H3. The second kappa shape index (κ2) is 7.87. The Bertz CT molecular complexity index is 665. The van der Waals surface area contributed by atoms with Crippen LogP contribution in [0.4, 0.5) is 0 Å². The minimum absolute atomic E-state index is 0.0688. The Balaban J connectivity index is 1.57. The normalized spacial score (nSPS) is 23.5. The molecule has 134 valence electrons. The van der Waals surface area contributed by atoms with Crippen LogP contribution in [0.2, 0.25) is 0 Å². The third kappa shape index (κ3) is 4.72. The number of aliphatic hydroxyl groups is 2. The molecule has 0 spiro atoms. The van der Waals surface area contributed by atoms with Gasteiger partial charge in [0.1, 0.15) is 23.4 Å². The summed E-state index contributed by atoms with van der Waals surface area (Å²) in [6, 6.07) is 15.3. The molecule has 1 saturated heterocycles. The Labute approximate surface area is 147 Å². The zero-order chi connectivity index (χ0) is 17.8. The molecule has 1 heterocycles. The topological polar surface area (TPSA) is 68.2 Å². The largest absolute Gasteiger partial charge is 0.465 e. The first-order valence-electron chi connectivity index (χ1n) is 8.53. The number of hydrogen-bond acceptors (Lipinski definition) is 5. The van der Waals surface area contributed by atoms with Gasteiger partial charge in [0.15, 0.2) is 0 Å².